The molecule has 1 fully saturated rings. The Morgan fingerprint density at radius 1 is 1.22 bits per heavy atom. The van der Waals surface area contributed by atoms with Crippen molar-refractivity contribution >= 4 is 0 Å². The molecule has 0 bridgehead atoms. The standard InChI is InChI=1S/C16H33NO/c1-4-8-15(2)13-16(9-6-5-7-10-16)14-17-11-12-18-3/h15,17H,4-14H2,1-3H3. The van der Waals surface area contributed by atoms with Gasteiger partial charge in [-0.05, 0) is 30.6 Å². The van der Waals surface area contributed by atoms with Crippen molar-refractivity contribution in [3.05, 3.63) is 0 Å². The van der Waals surface area contributed by atoms with Gasteiger partial charge in [-0.15, -0.1) is 0 Å². The Morgan fingerprint density at radius 3 is 2.56 bits per heavy atom. The highest BCUT2D eigenvalue weighted by Crippen LogP contribution is 2.41. The summed E-state index contributed by atoms with van der Waals surface area (Å²) in [6.07, 6.45) is 11.3. The van der Waals surface area contributed by atoms with Gasteiger partial charge in [0.1, 0.15) is 0 Å². The molecule has 1 aliphatic rings. The molecule has 1 saturated carbocycles. The maximum atomic E-state index is 5.12. The molecule has 0 aromatic heterocycles. The van der Waals surface area contributed by atoms with E-state index in [2.05, 4.69) is 19.2 Å². The van der Waals surface area contributed by atoms with Crippen molar-refractivity contribution in [2.45, 2.75) is 65.2 Å². The van der Waals surface area contributed by atoms with Gasteiger partial charge in [0.25, 0.3) is 0 Å². The van der Waals surface area contributed by atoms with Crippen LogP contribution in [-0.4, -0.2) is 26.8 Å². The van der Waals surface area contributed by atoms with Crippen LogP contribution in [0.5, 0.6) is 0 Å². The highest BCUT2D eigenvalue weighted by Gasteiger charge is 2.32. The van der Waals surface area contributed by atoms with Crippen LogP contribution >= 0.6 is 0 Å². The lowest BCUT2D eigenvalue weighted by Crippen LogP contribution is -2.38. The maximum absolute atomic E-state index is 5.12. The minimum atomic E-state index is 0.584. The Morgan fingerprint density at radius 2 is 1.94 bits per heavy atom. The maximum Gasteiger partial charge on any atom is 0.0587 e. The molecule has 0 aromatic carbocycles. The van der Waals surface area contributed by atoms with E-state index >= 15 is 0 Å². The van der Waals surface area contributed by atoms with Crippen molar-refractivity contribution in [2.75, 3.05) is 26.8 Å². The monoisotopic (exact) mass is 255 g/mol. The molecule has 1 unspecified atom stereocenters. The Labute approximate surface area is 114 Å². The Balaban J connectivity index is 2.41. The minimum absolute atomic E-state index is 0.584. The van der Waals surface area contributed by atoms with Crippen LogP contribution in [0.3, 0.4) is 0 Å². The third kappa shape index (κ3) is 5.71. The van der Waals surface area contributed by atoms with Gasteiger partial charge in [0.15, 0.2) is 0 Å². The second kappa shape index (κ2) is 8.92. The smallest absolute Gasteiger partial charge is 0.0587 e. The summed E-state index contributed by atoms with van der Waals surface area (Å²) in [5.74, 6) is 0.886. The molecular formula is C16H33NO. The summed E-state index contributed by atoms with van der Waals surface area (Å²) in [5.41, 5.74) is 0.584. The molecule has 1 rings (SSSR count). The first-order valence-corrected chi connectivity index (χ1v) is 7.92. The normalized spacial score (nSPS) is 20.8. The molecule has 18 heavy (non-hydrogen) atoms. The molecule has 0 amide bonds. The van der Waals surface area contributed by atoms with Crippen molar-refractivity contribution in [1.29, 1.82) is 0 Å². The van der Waals surface area contributed by atoms with Crippen molar-refractivity contribution in [3.8, 4) is 0 Å². The van der Waals surface area contributed by atoms with Gasteiger partial charge in [0.05, 0.1) is 6.61 Å². The molecule has 1 N–H and O–H groups in total. The number of nitrogens with one attached hydrogen (secondary N) is 1. The zero-order valence-electron chi connectivity index (χ0n) is 12.8. The molecule has 108 valence electrons. The predicted molar refractivity (Wildman–Crippen MR) is 79.0 cm³/mol. The van der Waals surface area contributed by atoms with Crippen LogP contribution in [0.4, 0.5) is 0 Å². The van der Waals surface area contributed by atoms with Crippen molar-refractivity contribution in [3.63, 3.8) is 0 Å². The minimum Gasteiger partial charge on any atom is -0.383 e. The SMILES string of the molecule is CCCC(C)CC1(CNCCOC)CCCCC1. The van der Waals surface area contributed by atoms with Gasteiger partial charge < -0.3 is 10.1 Å². The fourth-order valence-electron chi connectivity index (χ4n) is 3.62. The summed E-state index contributed by atoms with van der Waals surface area (Å²) in [6, 6.07) is 0. The van der Waals surface area contributed by atoms with Gasteiger partial charge in [0, 0.05) is 20.2 Å². The van der Waals surface area contributed by atoms with Crippen LogP contribution in [0.2, 0.25) is 0 Å². The Kier molecular flexibility index (Phi) is 7.92. The van der Waals surface area contributed by atoms with Gasteiger partial charge in [-0.25, -0.2) is 0 Å². The van der Waals surface area contributed by atoms with Crippen molar-refractivity contribution < 1.29 is 4.74 Å². The lowest BCUT2D eigenvalue weighted by atomic mass is 9.68. The average molecular weight is 255 g/mol. The van der Waals surface area contributed by atoms with Crippen LogP contribution in [0.15, 0.2) is 0 Å². The molecule has 0 radical (unpaired) electrons. The van der Waals surface area contributed by atoms with Crippen molar-refractivity contribution in [2.24, 2.45) is 11.3 Å². The van der Waals surface area contributed by atoms with Gasteiger partial charge in [-0.2, -0.15) is 0 Å². The van der Waals surface area contributed by atoms with Gasteiger partial charge in [-0.3, -0.25) is 0 Å². The molecule has 0 aromatic rings. The molecule has 0 spiro atoms. The third-order valence-electron chi connectivity index (χ3n) is 4.46. The Bertz CT molecular complexity index is 199. The molecular weight excluding hydrogens is 222 g/mol. The third-order valence-corrected chi connectivity index (χ3v) is 4.46. The highest BCUT2D eigenvalue weighted by molar-refractivity contribution is 4.86. The molecule has 2 heteroatoms. The van der Waals surface area contributed by atoms with Gasteiger partial charge >= 0.3 is 0 Å². The summed E-state index contributed by atoms with van der Waals surface area (Å²) in [5, 5.41) is 3.62. The van der Waals surface area contributed by atoms with E-state index in [1.54, 1.807) is 7.11 Å². The topological polar surface area (TPSA) is 21.3 Å². The zero-order valence-corrected chi connectivity index (χ0v) is 12.8. The van der Waals surface area contributed by atoms with Crippen LogP contribution in [-0.2, 0) is 4.74 Å². The van der Waals surface area contributed by atoms with E-state index in [4.69, 9.17) is 4.74 Å². The van der Waals surface area contributed by atoms with Crippen LogP contribution in [0.25, 0.3) is 0 Å². The van der Waals surface area contributed by atoms with Crippen LogP contribution in [0.1, 0.15) is 65.2 Å². The second-order valence-corrected chi connectivity index (χ2v) is 6.33. The second-order valence-electron chi connectivity index (χ2n) is 6.33. The largest absolute Gasteiger partial charge is 0.383 e. The number of hydrogen-bond donors (Lipinski definition) is 1. The fraction of sp³-hybridized carbons (Fsp3) is 1.00. The van der Waals surface area contributed by atoms with Crippen molar-refractivity contribution in [1.82, 2.24) is 5.32 Å². The fourth-order valence-corrected chi connectivity index (χ4v) is 3.62. The van der Waals surface area contributed by atoms with Gasteiger partial charge in [0.2, 0.25) is 0 Å². The summed E-state index contributed by atoms with van der Waals surface area (Å²) in [6.45, 7) is 7.78. The zero-order chi connectivity index (χ0) is 13.3. The molecule has 1 aliphatic carbocycles. The first-order valence-electron chi connectivity index (χ1n) is 7.92. The van der Waals surface area contributed by atoms with E-state index in [-0.39, 0.29) is 0 Å². The first kappa shape index (κ1) is 16.0. The number of ether oxygens (including phenoxy) is 1. The summed E-state index contributed by atoms with van der Waals surface area (Å²) >= 11 is 0. The molecule has 0 saturated heterocycles. The summed E-state index contributed by atoms with van der Waals surface area (Å²) in [4.78, 5) is 0. The lowest BCUT2D eigenvalue weighted by Gasteiger charge is -2.39. The molecule has 1 atom stereocenters. The number of methoxy groups -OCH3 is 1. The van der Waals surface area contributed by atoms with E-state index in [1.165, 1.54) is 57.9 Å². The molecule has 0 aliphatic heterocycles. The predicted octanol–water partition coefficient (Wildman–Crippen LogP) is 4.00. The van der Waals surface area contributed by atoms with Crippen LogP contribution < -0.4 is 5.32 Å². The Hall–Kier alpha value is -0.0800. The van der Waals surface area contributed by atoms with E-state index in [9.17, 15) is 0 Å². The van der Waals surface area contributed by atoms with E-state index < -0.39 is 0 Å². The average Bonchev–Trinajstić information content (AvgIpc) is 2.36. The van der Waals surface area contributed by atoms with Gasteiger partial charge in [-0.1, -0.05) is 46.0 Å². The summed E-state index contributed by atoms with van der Waals surface area (Å²) < 4.78 is 5.12. The number of rotatable bonds is 9. The lowest BCUT2D eigenvalue weighted by molar-refractivity contribution is 0.131. The molecule has 2 nitrogen and oxygen atoms in total. The van der Waals surface area contributed by atoms with Crippen LogP contribution in [0, 0.1) is 11.3 Å². The molecule has 0 heterocycles. The van der Waals surface area contributed by atoms with E-state index in [0.29, 0.717) is 5.41 Å². The summed E-state index contributed by atoms with van der Waals surface area (Å²) in [7, 11) is 1.78. The van der Waals surface area contributed by atoms with E-state index in [1.807, 2.05) is 0 Å². The first-order chi connectivity index (χ1) is 8.72. The number of hydrogen-bond acceptors (Lipinski definition) is 2. The van der Waals surface area contributed by atoms with E-state index in [0.717, 1.165) is 19.1 Å². The highest BCUT2D eigenvalue weighted by atomic mass is 16.5. The quantitative estimate of drug-likeness (QED) is 0.629.